The summed E-state index contributed by atoms with van der Waals surface area (Å²) in [7, 11) is 0. The van der Waals surface area contributed by atoms with Gasteiger partial charge in [-0.1, -0.05) is 0 Å². The van der Waals surface area contributed by atoms with Crippen molar-refractivity contribution in [2.24, 2.45) is 0 Å². The number of ether oxygens (including phenoxy) is 1. The number of likely N-dealkylation sites (tertiary alicyclic amines) is 1. The van der Waals surface area contributed by atoms with E-state index in [-0.39, 0.29) is 18.6 Å². The van der Waals surface area contributed by atoms with Gasteiger partial charge in [0.15, 0.2) is 11.6 Å². The Bertz CT molecular complexity index is 516. The summed E-state index contributed by atoms with van der Waals surface area (Å²) in [5, 5.41) is 0. The summed E-state index contributed by atoms with van der Waals surface area (Å²) < 4.78 is 45.4. The first-order valence-corrected chi connectivity index (χ1v) is 7.07. The predicted octanol–water partition coefficient (Wildman–Crippen LogP) is 3.19. The number of hydrogen-bond donors (Lipinski definition) is 0. The minimum absolute atomic E-state index is 0.00357. The molecule has 0 aromatic heterocycles. The molecule has 1 saturated heterocycles. The molecule has 3 nitrogen and oxygen atoms in total. The molecule has 0 spiro atoms. The van der Waals surface area contributed by atoms with Crippen LogP contribution in [0.2, 0.25) is 0 Å². The lowest BCUT2D eigenvalue weighted by atomic mass is 10.0. The van der Waals surface area contributed by atoms with Gasteiger partial charge in [-0.05, 0) is 38.9 Å². The van der Waals surface area contributed by atoms with Gasteiger partial charge in [-0.3, -0.25) is 9.69 Å². The lowest BCUT2D eigenvalue weighted by molar-refractivity contribution is -0.144. The molecule has 1 unspecified atom stereocenters. The van der Waals surface area contributed by atoms with Crippen molar-refractivity contribution in [3.63, 3.8) is 0 Å². The molecule has 1 heterocycles. The summed E-state index contributed by atoms with van der Waals surface area (Å²) >= 11 is 0. The van der Waals surface area contributed by atoms with Crippen LogP contribution in [0.15, 0.2) is 12.1 Å². The van der Waals surface area contributed by atoms with E-state index in [0.29, 0.717) is 19.2 Å². The highest BCUT2D eigenvalue weighted by Crippen LogP contribution is 2.31. The number of halogens is 3. The average molecular weight is 301 g/mol. The molecule has 1 aromatic rings. The third kappa shape index (κ3) is 3.75. The zero-order valence-corrected chi connectivity index (χ0v) is 11.9. The summed E-state index contributed by atoms with van der Waals surface area (Å²) in [6.45, 7) is 3.30. The maximum atomic E-state index is 14.0. The fourth-order valence-electron chi connectivity index (χ4n) is 2.66. The molecule has 1 aliphatic rings. The third-order valence-electron chi connectivity index (χ3n) is 3.65. The van der Waals surface area contributed by atoms with E-state index in [9.17, 15) is 18.0 Å². The van der Waals surface area contributed by atoms with Crippen LogP contribution < -0.4 is 0 Å². The van der Waals surface area contributed by atoms with Crippen molar-refractivity contribution in [3.05, 3.63) is 35.1 Å². The molecule has 1 aliphatic heterocycles. The van der Waals surface area contributed by atoms with E-state index in [1.807, 2.05) is 4.90 Å². The molecule has 1 aromatic carbocycles. The van der Waals surface area contributed by atoms with E-state index < -0.39 is 29.5 Å². The highest BCUT2D eigenvalue weighted by Gasteiger charge is 2.29. The van der Waals surface area contributed by atoms with E-state index in [2.05, 4.69) is 0 Å². The Morgan fingerprint density at radius 1 is 1.19 bits per heavy atom. The normalized spacial score (nSPS) is 17.0. The fraction of sp³-hybridized carbons (Fsp3) is 0.533. The van der Waals surface area contributed by atoms with Crippen LogP contribution in [0.5, 0.6) is 0 Å². The largest absolute Gasteiger partial charge is 0.466 e. The first kappa shape index (κ1) is 15.8. The second-order valence-electron chi connectivity index (χ2n) is 5.06. The zero-order chi connectivity index (χ0) is 15.4. The molecule has 0 radical (unpaired) electrons. The quantitative estimate of drug-likeness (QED) is 0.618. The van der Waals surface area contributed by atoms with Crippen LogP contribution in [0.1, 0.15) is 37.8 Å². The average Bonchev–Trinajstić information content (AvgIpc) is 2.95. The maximum absolute atomic E-state index is 14.0. The SMILES string of the molecule is CCOC(=O)CC(c1cc(F)c(F)cc1F)N1CCCC1. The molecule has 21 heavy (non-hydrogen) atoms. The second kappa shape index (κ2) is 6.93. The van der Waals surface area contributed by atoms with Gasteiger partial charge in [-0.25, -0.2) is 13.2 Å². The molecular weight excluding hydrogens is 283 g/mol. The summed E-state index contributed by atoms with van der Waals surface area (Å²) in [6.07, 6.45) is 1.80. The van der Waals surface area contributed by atoms with Gasteiger partial charge in [0, 0.05) is 17.7 Å². The molecule has 1 fully saturated rings. The Kier molecular flexibility index (Phi) is 5.22. The summed E-state index contributed by atoms with van der Waals surface area (Å²) in [6, 6.07) is 0.743. The Hall–Kier alpha value is -1.56. The predicted molar refractivity (Wildman–Crippen MR) is 71.1 cm³/mol. The molecular formula is C15H18F3NO2. The van der Waals surface area contributed by atoms with Crippen LogP contribution in [0, 0.1) is 17.5 Å². The Balaban J connectivity index is 2.30. The standard InChI is InChI=1S/C15H18F3NO2/c1-2-21-15(20)9-14(19-5-3-4-6-19)10-7-12(17)13(18)8-11(10)16/h7-8,14H,2-6,9H2,1H3. The Labute approximate surface area is 121 Å². The molecule has 0 N–H and O–H groups in total. The Morgan fingerprint density at radius 3 is 2.43 bits per heavy atom. The number of carbonyl (C=O) groups is 1. The molecule has 0 amide bonds. The van der Waals surface area contributed by atoms with Crippen molar-refractivity contribution < 1.29 is 22.7 Å². The number of nitrogens with zero attached hydrogens (tertiary/aromatic N) is 1. The topological polar surface area (TPSA) is 29.5 Å². The van der Waals surface area contributed by atoms with Gasteiger partial charge in [0.2, 0.25) is 0 Å². The Morgan fingerprint density at radius 2 is 1.81 bits per heavy atom. The van der Waals surface area contributed by atoms with Crippen molar-refractivity contribution in [1.82, 2.24) is 4.90 Å². The van der Waals surface area contributed by atoms with E-state index in [1.54, 1.807) is 6.92 Å². The van der Waals surface area contributed by atoms with Gasteiger partial charge in [0.25, 0.3) is 0 Å². The van der Waals surface area contributed by atoms with Gasteiger partial charge in [0.05, 0.1) is 13.0 Å². The second-order valence-corrected chi connectivity index (χ2v) is 5.06. The van der Waals surface area contributed by atoms with Gasteiger partial charge >= 0.3 is 5.97 Å². The molecule has 116 valence electrons. The van der Waals surface area contributed by atoms with E-state index in [0.717, 1.165) is 18.9 Å². The molecule has 0 bridgehead atoms. The van der Waals surface area contributed by atoms with Gasteiger partial charge in [0.1, 0.15) is 5.82 Å². The molecule has 1 atom stereocenters. The maximum Gasteiger partial charge on any atom is 0.307 e. The molecule has 6 heteroatoms. The van der Waals surface area contributed by atoms with Crippen molar-refractivity contribution in [1.29, 1.82) is 0 Å². The molecule has 0 saturated carbocycles. The fourth-order valence-corrected chi connectivity index (χ4v) is 2.66. The number of rotatable bonds is 5. The van der Waals surface area contributed by atoms with Crippen LogP contribution in [0.4, 0.5) is 13.2 Å². The van der Waals surface area contributed by atoms with Gasteiger partial charge < -0.3 is 4.74 Å². The van der Waals surface area contributed by atoms with Gasteiger partial charge in [-0.2, -0.15) is 0 Å². The number of benzene rings is 1. The van der Waals surface area contributed by atoms with Crippen molar-refractivity contribution in [3.8, 4) is 0 Å². The third-order valence-corrected chi connectivity index (χ3v) is 3.65. The summed E-state index contributed by atoms with van der Waals surface area (Å²) in [5.74, 6) is -3.65. The van der Waals surface area contributed by atoms with Crippen molar-refractivity contribution in [2.75, 3.05) is 19.7 Å². The smallest absolute Gasteiger partial charge is 0.307 e. The first-order chi connectivity index (χ1) is 10.0. The number of esters is 1. The lowest BCUT2D eigenvalue weighted by Gasteiger charge is -2.27. The number of hydrogen-bond acceptors (Lipinski definition) is 3. The number of carbonyl (C=O) groups excluding carboxylic acids is 1. The monoisotopic (exact) mass is 301 g/mol. The van der Waals surface area contributed by atoms with Crippen LogP contribution in [0.3, 0.4) is 0 Å². The zero-order valence-electron chi connectivity index (χ0n) is 11.9. The van der Waals surface area contributed by atoms with Crippen LogP contribution in [-0.4, -0.2) is 30.6 Å². The minimum atomic E-state index is -1.23. The van der Waals surface area contributed by atoms with Crippen LogP contribution in [-0.2, 0) is 9.53 Å². The highest BCUT2D eigenvalue weighted by molar-refractivity contribution is 5.70. The molecule has 0 aliphatic carbocycles. The van der Waals surface area contributed by atoms with Crippen LogP contribution >= 0.6 is 0 Å². The summed E-state index contributed by atoms with van der Waals surface area (Å²) in [4.78, 5) is 13.6. The van der Waals surface area contributed by atoms with Crippen LogP contribution in [0.25, 0.3) is 0 Å². The van der Waals surface area contributed by atoms with Crippen molar-refractivity contribution >= 4 is 5.97 Å². The highest BCUT2D eigenvalue weighted by atomic mass is 19.2. The van der Waals surface area contributed by atoms with E-state index in [1.165, 1.54) is 0 Å². The first-order valence-electron chi connectivity index (χ1n) is 7.07. The van der Waals surface area contributed by atoms with Crippen molar-refractivity contribution in [2.45, 2.75) is 32.2 Å². The summed E-state index contributed by atoms with van der Waals surface area (Å²) in [5.41, 5.74) is 0.00357. The lowest BCUT2D eigenvalue weighted by Crippen LogP contribution is -2.29. The van der Waals surface area contributed by atoms with E-state index >= 15 is 0 Å². The van der Waals surface area contributed by atoms with Gasteiger partial charge in [-0.15, -0.1) is 0 Å². The molecule has 2 rings (SSSR count). The minimum Gasteiger partial charge on any atom is -0.466 e. The van der Waals surface area contributed by atoms with E-state index in [4.69, 9.17) is 4.74 Å².